The molecule has 74 valence electrons. The van der Waals surface area contributed by atoms with Gasteiger partial charge in [-0.2, -0.15) is 0 Å². The minimum Gasteiger partial charge on any atom is -0.368 e. The Morgan fingerprint density at radius 2 is 2.36 bits per heavy atom. The Bertz CT molecular complexity index is 420. The molecular formula is C9H11N3O2. The molecule has 0 spiro atoms. The zero-order chi connectivity index (χ0) is 10.1. The van der Waals surface area contributed by atoms with Gasteiger partial charge in [-0.1, -0.05) is 0 Å². The van der Waals surface area contributed by atoms with Gasteiger partial charge in [0.05, 0.1) is 12.0 Å². The van der Waals surface area contributed by atoms with Crippen LogP contribution in [0.25, 0.3) is 0 Å². The van der Waals surface area contributed by atoms with Gasteiger partial charge in [0.1, 0.15) is 6.54 Å². The highest BCUT2D eigenvalue weighted by atomic mass is 16.2. The summed E-state index contributed by atoms with van der Waals surface area (Å²) in [7, 11) is 0. The fraction of sp³-hybridized carbons (Fsp3) is 0.444. The summed E-state index contributed by atoms with van der Waals surface area (Å²) in [5, 5.41) is 0. The first kappa shape index (κ1) is 8.93. The molecule has 1 amide bonds. The van der Waals surface area contributed by atoms with Gasteiger partial charge in [0.25, 0.3) is 5.56 Å². The molecule has 0 aromatic carbocycles. The molecule has 0 atom stereocenters. The van der Waals surface area contributed by atoms with E-state index in [4.69, 9.17) is 5.73 Å². The van der Waals surface area contributed by atoms with E-state index in [1.54, 1.807) is 0 Å². The van der Waals surface area contributed by atoms with Gasteiger partial charge in [0.15, 0.2) is 0 Å². The minimum atomic E-state index is -0.534. The van der Waals surface area contributed by atoms with Crippen molar-refractivity contribution in [1.82, 2.24) is 9.55 Å². The smallest absolute Gasteiger partial charge is 0.254 e. The van der Waals surface area contributed by atoms with Crippen LogP contribution in [-0.2, 0) is 11.3 Å². The molecule has 0 unspecified atom stereocenters. The summed E-state index contributed by atoms with van der Waals surface area (Å²) >= 11 is 0. The van der Waals surface area contributed by atoms with Crippen molar-refractivity contribution in [3.05, 3.63) is 28.4 Å². The molecule has 14 heavy (non-hydrogen) atoms. The van der Waals surface area contributed by atoms with Crippen molar-refractivity contribution in [2.24, 2.45) is 5.73 Å². The predicted octanol–water partition coefficient (Wildman–Crippen LogP) is -0.394. The van der Waals surface area contributed by atoms with Gasteiger partial charge in [0, 0.05) is 12.0 Å². The number of carbonyl (C=O) groups is 1. The lowest BCUT2D eigenvalue weighted by Gasteiger charge is -2.02. The molecule has 2 N–H and O–H groups in total. The summed E-state index contributed by atoms with van der Waals surface area (Å²) in [6.07, 6.45) is 3.60. The Balaban J connectivity index is 2.26. The maximum Gasteiger partial charge on any atom is 0.254 e. The summed E-state index contributed by atoms with van der Waals surface area (Å²) in [6.45, 7) is -0.100. The summed E-state index contributed by atoms with van der Waals surface area (Å²) in [4.78, 5) is 26.1. The lowest BCUT2D eigenvalue weighted by molar-refractivity contribution is -0.118. The SMILES string of the molecule is NC(=O)Cn1cnc(C2CC2)cc1=O. The number of hydrogen-bond donors (Lipinski definition) is 1. The van der Waals surface area contributed by atoms with Crippen molar-refractivity contribution >= 4 is 5.91 Å². The molecule has 0 saturated heterocycles. The summed E-state index contributed by atoms with van der Waals surface area (Å²) < 4.78 is 1.22. The van der Waals surface area contributed by atoms with E-state index >= 15 is 0 Å². The normalized spacial score (nSPS) is 15.4. The third-order valence-corrected chi connectivity index (χ3v) is 2.22. The van der Waals surface area contributed by atoms with Gasteiger partial charge in [-0.05, 0) is 12.8 Å². The van der Waals surface area contributed by atoms with Crippen LogP contribution in [0.5, 0.6) is 0 Å². The topological polar surface area (TPSA) is 78.0 Å². The van der Waals surface area contributed by atoms with E-state index in [1.807, 2.05) is 0 Å². The zero-order valence-corrected chi connectivity index (χ0v) is 7.64. The average Bonchev–Trinajstić information content (AvgIpc) is 2.90. The molecular weight excluding hydrogens is 182 g/mol. The maximum absolute atomic E-state index is 11.4. The first-order valence-corrected chi connectivity index (χ1v) is 4.51. The van der Waals surface area contributed by atoms with E-state index in [1.165, 1.54) is 17.0 Å². The van der Waals surface area contributed by atoms with E-state index < -0.39 is 5.91 Å². The van der Waals surface area contributed by atoms with Crippen LogP contribution in [0.3, 0.4) is 0 Å². The number of nitrogens with two attached hydrogens (primary N) is 1. The van der Waals surface area contributed by atoms with Gasteiger partial charge in [-0.25, -0.2) is 4.98 Å². The van der Waals surface area contributed by atoms with Gasteiger partial charge in [-0.15, -0.1) is 0 Å². The molecule has 1 aromatic rings. The first-order chi connectivity index (χ1) is 6.66. The quantitative estimate of drug-likeness (QED) is 0.709. The second-order valence-electron chi connectivity index (χ2n) is 3.52. The van der Waals surface area contributed by atoms with Crippen LogP contribution in [-0.4, -0.2) is 15.5 Å². The third-order valence-electron chi connectivity index (χ3n) is 2.22. The van der Waals surface area contributed by atoms with Crippen LogP contribution in [0.4, 0.5) is 0 Å². The average molecular weight is 193 g/mol. The number of amides is 1. The summed E-state index contributed by atoms with van der Waals surface area (Å²) in [5.74, 6) is -0.0843. The van der Waals surface area contributed by atoms with Crippen LogP contribution >= 0.6 is 0 Å². The molecule has 2 rings (SSSR count). The van der Waals surface area contributed by atoms with E-state index in [-0.39, 0.29) is 12.1 Å². The van der Waals surface area contributed by atoms with E-state index in [2.05, 4.69) is 4.98 Å². The minimum absolute atomic E-state index is 0.100. The van der Waals surface area contributed by atoms with Crippen molar-refractivity contribution in [3.8, 4) is 0 Å². The van der Waals surface area contributed by atoms with E-state index in [9.17, 15) is 9.59 Å². The number of aromatic nitrogens is 2. The fourth-order valence-corrected chi connectivity index (χ4v) is 1.33. The Labute approximate surface area is 80.6 Å². The third kappa shape index (κ3) is 1.81. The number of carbonyl (C=O) groups excluding carboxylic acids is 1. The lowest BCUT2D eigenvalue weighted by Crippen LogP contribution is -2.28. The first-order valence-electron chi connectivity index (χ1n) is 4.51. The molecule has 1 saturated carbocycles. The molecule has 5 heteroatoms. The zero-order valence-electron chi connectivity index (χ0n) is 7.64. The monoisotopic (exact) mass is 193 g/mol. The Morgan fingerprint density at radius 3 is 2.86 bits per heavy atom. The number of hydrogen-bond acceptors (Lipinski definition) is 3. The van der Waals surface area contributed by atoms with Crippen molar-refractivity contribution < 1.29 is 4.79 Å². The van der Waals surface area contributed by atoms with Gasteiger partial charge < -0.3 is 5.73 Å². The second-order valence-corrected chi connectivity index (χ2v) is 3.52. The molecule has 5 nitrogen and oxygen atoms in total. The van der Waals surface area contributed by atoms with Crippen molar-refractivity contribution in [1.29, 1.82) is 0 Å². The standard InChI is InChI=1S/C9H11N3O2/c10-8(13)4-12-5-11-7(3-9(12)14)6-1-2-6/h3,5-6H,1-2,4H2,(H2,10,13). The predicted molar refractivity (Wildman–Crippen MR) is 49.7 cm³/mol. The Kier molecular flexibility index (Phi) is 2.07. The molecule has 1 aliphatic carbocycles. The summed E-state index contributed by atoms with van der Waals surface area (Å²) in [5.41, 5.74) is 5.60. The van der Waals surface area contributed by atoms with Crippen molar-refractivity contribution in [3.63, 3.8) is 0 Å². The molecule has 0 aliphatic heterocycles. The van der Waals surface area contributed by atoms with Crippen LogP contribution in [0.15, 0.2) is 17.2 Å². The number of rotatable bonds is 3. The molecule has 0 bridgehead atoms. The van der Waals surface area contributed by atoms with Crippen molar-refractivity contribution in [2.45, 2.75) is 25.3 Å². The highest BCUT2D eigenvalue weighted by Gasteiger charge is 2.25. The van der Waals surface area contributed by atoms with Crippen molar-refractivity contribution in [2.75, 3.05) is 0 Å². The van der Waals surface area contributed by atoms with Crippen LogP contribution < -0.4 is 11.3 Å². The maximum atomic E-state index is 11.4. The molecule has 1 heterocycles. The highest BCUT2D eigenvalue weighted by molar-refractivity contribution is 5.73. The molecule has 1 aromatic heterocycles. The molecule has 1 fully saturated rings. The number of primary amides is 1. The lowest BCUT2D eigenvalue weighted by atomic mass is 10.3. The molecule has 1 aliphatic rings. The van der Waals surface area contributed by atoms with E-state index in [0.29, 0.717) is 5.92 Å². The Hall–Kier alpha value is -1.65. The summed E-state index contributed by atoms with van der Waals surface area (Å²) in [6, 6.07) is 1.49. The van der Waals surface area contributed by atoms with E-state index in [0.717, 1.165) is 18.5 Å². The second kappa shape index (κ2) is 3.25. The van der Waals surface area contributed by atoms with Crippen LogP contribution in [0.1, 0.15) is 24.5 Å². The molecule has 0 radical (unpaired) electrons. The van der Waals surface area contributed by atoms with Crippen LogP contribution in [0, 0.1) is 0 Å². The van der Waals surface area contributed by atoms with Gasteiger partial charge >= 0.3 is 0 Å². The fourth-order valence-electron chi connectivity index (χ4n) is 1.33. The van der Waals surface area contributed by atoms with Gasteiger partial charge in [0.2, 0.25) is 5.91 Å². The van der Waals surface area contributed by atoms with Gasteiger partial charge in [-0.3, -0.25) is 14.2 Å². The highest BCUT2D eigenvalue weighted by Crippen LogP contribution is 2.38. The van der Waals surface area contributed by atoms with Crippen LogP contribution in [0.2, 0.25) is 0 Å². The largest absolute Gasteiger partial charge is 0.368 e. The number of nitrogens with zero attached hydrogens (tertiary/aromatic N) is 2. The Morgan fingerprint density at radius 1 is 1.64 bits per heavy atom.